The van der Waals surface area contributed by atoms with Crippen LogP contribution in [0.2, 0.25) is 0 Å². The van der Waals surface area contributed by atoms with E-state index in [-0.39, 0.29) is 6.04 Å². The van der Waals surface area contributed by atoms with Crippen LogP contribution in [0.1, 0.15) is 18.5 Å². The van der Waals surface area contributed by atoms with Crippen molar-refractivity contribution in [2.24, 2.45) is 0 Å². The molecule has 1 aromatic rings. The molecule has 1 aromatic carbocycles. The molecule has 2 N–H and O–H groups in total. The van der Waals surface area contributed by atoms with Crippen molar-refractivity contribution in [1.82, 2.24) is 10.6 Å². The Hall–Kier alpha value is -0.610. The summed E-state index contributed by atoms with van der Waals surface area (Å²) in [6.45, 7) is 2.07. The third kappa shape index (κ3) is 3.27. The van der Waals surface area contributed by atoms with E-state index in [2.05, 4.69) is 45.6 Å². The van der Waals surface area contributed by atoms with E-state index in [0.29, 0.717) is 5.11 Å². The molecule has 1 unspecified atom stereocenters. The van der Waals surface area contributed by atoms with Crippen molar-refractivity contribution in [3.05, 3.63) is 34.3 Å². The van der Waals surface area contributed by atoms with Crippen LogP contribution in [0, 0.1) is 0 Å². The summed E-state index contributed by atoms with van der Waals surface area (Å²) in [5.74, 6) is 0. The third-order valence-corrected chi connectivity index (χ3v) is 2.74. The lowest BCUT2D eigenvalue weighted by Gasteiger charge is -2.15. The van der Waals surface area contributed by atoms with Gasteiger partial charge in [0, 0.05) is 11.5 Å². The third-order valence-electron chi connectivity index (χ3n) is 1.92. The number of nitrogens with one attached hydrogen (secondary N) is 2. The smallest absolute Gasteiger partial charge is 0.166 e. The van der Waals surface area contributed by atoms with E-state index < -0.39 is 0 Å². The molecule has 0 aliphatic carbocycles. The SMILES string of the molecule is CNC(=S)NC(C)c1cccc(Br)c1. The summed E-state index contributed by atoms with van der Waals surface area (Å²) in [6, 6.07) is 8.39. The molecule has 0 bridgehead atoms. The van der Waals surface area contributed by atoms with Gasteiger partial charge in [-0.05, 0) is 36.8 Å². The van der Waals surface area contributed by atoms with Crippen molar-refractivity contribution < 1.29 is 0 Å². The second kappa shape index (κ2) is 5.32. The van der Waals surface area contributed by atoms with Crippen molar-refractivity contribution in [3.8, 4) is 0 Å². The molecule has 76 valence electrons. The summed E-state index contributed by atoms with van der Waals surface area (Å²) in [4.78, 5) is 0. The summed E-state index contributed by atoms with van der Waals surface area (Å²) in [7, 11) is 1.81. The molecule has 0 aliphatic rings. The Morgan fingerprint density at radius 3 is 2.79 bits per heavy atom. The van der Waals surface area contributed by atoms with Gasteiger partial charge in [-0.25, -0.2) is 0 Å². The zero-order valence-corrected chi connectivity index (χ0v) is 10.6. The normalized spacial score (nSPS) is 11.9. The van der Waals surface area contributed by atoms with Crippen LogP contribution in [-0.2, 0) is 0 Å². The molecule has 14 heavy (non-hydrogen) atoms. The Morgan fingerprint density at radius 1 is 1.50 bits per heavy atom. The van der Waals surface area contributed by atoms with Gasteiger partial charge in [-0.2, -0.15) is 0 Å². The maximum atomic E-state index is 5.03. The predicted molar refractivity (Wildman–Crippen MR) is 67.4 cm³/mol. The molecule has 0 spiro atoms. The van der Waals surface area contributed by atoms with Gasteiger partial charge in [-0.1, -0.05) is 28.1 Å². The number of hydrogen-bond acceptors (Lipinski definition) is 1. The molecule has 1 rings (SSSR count). The molecule has 0 heterocycles. The monoisotopic (exact) mass is 272 g/mol. The van der Waals surface area contributed by atoms with Crippen LogP contribution in [-0.4, -0.2) is 12.2 Å². The van der Waals surface area contributed by atoms with Crippen LogP contribution in [0.15, 0.2) is 28.7 Å². The Bertz CT molecular complexity index is 328. The molecular weight excluding hydrogens is 260 g/mol. The van der Waals surface area contributed by atoms with E-state index in [0.717, 1.165) is 4.47 Å². The lowest BCUT2D eigenvalue weighted by atomic mass is 10.1. The van der Waals surface area contributed by atoms with Gasteiger partial charge in [0.15, 0.2) is 5.11 Å². The predicted octanol–water partition coefficient (Wildman–Crippen LogP) is 2.60. The molecule has 0 aliphatic heterocycles. The maximum Gasteiger partial charge on any atom is 0.166 e. The Kier molecular flexibility index (Phi) is 4.35. The number of hydrogen-bond donors (Lipinski definition) is 2. The molecule has 0 radical (unpaired) electrons. The fraction of sp³-hybridized carbons (Fsp3) is 0.300. The van der Waals surface area contributed by atoms with Gasteiger partial charge < -0.3 is 10.6 Å². The highest BCUT2D eigenvalue weighted by Crippen LogP contribution is 2.17. The molecule has 0 aromatic heterocycles. The summed E-state index contributed by atoms with van der Waals surface area (Å²) in [6.07, 6.45) is 0. The van der Waals surface area contributed by atoms with Crippen LogP contribution < -0.4 is 10.6 Å². The van der Waals surface area contributed by atoms with Crippen LogP contribution in [0.5, 0.6) is 0 Å². The van der Waals surface area contributed by atoms with Gasteiger partial charge in [-0.3, -0.25) is 0 Å². The van der Waals surface area contributed by atoms with Crippen molar-refractivity contribution in [1.29, 1.82) is 0 Å². The summed E-state index contributed by atoms with van der Waals surface area (Å²) in [5.41, 5.74) is 1.21. The first-order valence-corrected chi connectivity index (χ1v) is 5.57. The zero-order chi connectivity index (χ0) is 10.6. The quantitative estimate of drug-likeness (QED) is 0.810. The molecule has 4 heteroatoms. The number of thiocarbonyl (C=S) groups is 1. The summed E-state index contributed by atoms with van der Waals surface area (Å²) < 4.78 is 1.08. The minimum atomic E-state index is 0.215. The first-order chi connectivity index (χ1) is 6.63. The minimum Gasteiger partial charge on any atom is -0.366 e. The van der Waals surface area contributed by atoms with E-state index in [1.807, 2.05) is 19.2 Å². The lowest BCUT2D eigenvalue weighted by Crippen LogP contribution is -2.34. The van der Waals surface area contributed by atoms with Gasteiger partial charge in [0.05, 0.1) is 6.04 Å². The van der Waals surface area contributed by atoms with Crippen LogP contribution in [0.25, 0.3) is 0 Å². The van der Waals surface area contributed by atoms with Crippen molar-refractivity contribution >= 4 is 33.3 Å². The zero-order valence-electron chi connectivity index (χ0n) is 8.17. The number of rotatable bonds is 2. The van der Waals surface area contributed by atoms with E-state index in [4.69, 9.17) is 12.2 Å². The standard InChI is InChI=1S/C10H13BrN2S/c1-7(13-10(14)12-2)8-4-3-5-9(11)6-8/h3-7H,1-2H3,(H2,12,13,14). The first kappa shape index (κ1) is 11.5. The van der Waals surface area contributed by atoms with E-state index in [1.165, 1.54) is 5.56 Å². The summed E-state index contributed by atoms with van der Waals surface area (Å²) >= 11 is 8.47. The van der Waals surface area contributed by atoms with Gasteiger partial charge in [-0.15, -0.1) is 0 Å². The van der Waals surface area contributed by atoms with E-state index in [1.54, 1.807) is 0 Å². The second-order valence-electron chi connectivity index (χ2n) is 3.00. The minimum absolute atomic E-state index is 0.215. The van der Waals surface area contributed by atoms with Gasteiger partial charge in [0.2, 0.25) is 0 Å². The van der Waals surface area contributed by atoms with Crippen molar-refractivity contribution in [2.75, 3.05) is 7.05 Å². The molecule has 0 fully saturated rings. The number of benzene rings is 1. The van der Waals surface area contributed by atoms with Crippen LogP contribution in [0.4, 0.5) is 0 Å². The second-order valence-corrected chi connectivity index (χ2v) is 4.32. The topological polar surface area (TPSA) is 24.1 Å². The van der Waals surface area contributed by atoms with E-state index >= 15 is 0 Å². The van der Waals surface area contributed by atoms with Gasteiger partial charge in [0.25, 0.3) is 0 Å². The summed E-state index contributed by atoms with van der Waals surface area (Å²) in [5, 5.41) is 6.73. The van der Waals surface area contributed by atoms with E-state index in [9.17, 15) is 0 Å². The van der Waals surface area contributed by atoms with Crippen LogP contribution in [0.3, 0.4) is 0 Å². The molecule has 2 nitrogen and oxygen atoms in total. The van der Waals surface area contributed by atoms with Gasteiger partial charge in [0.1, 0.15) is 0 Å². The highest BCUT2D eigenvalue weighted by molar-refractivity contribution is 9.10. The molecule has 1 atom stereocenters. The Balaban J connectivity index is 2.69. The fourth-order valence-corrected chi connectivity index (χ4v) is 1.72. The average Bonchev–Trinajstić information content (AvgIpc) is 2.17. The molecule has 0 saturated carbocycles. The Labute approximate surface area is 98.2 Å². The molecule has 0 saturated heterocycles. The largest absolute Gasteiger partial charge is 0.366 e. The van der Waals surface area contributed by atoms with Crippen LogP contribution >= 0.6 is 28.1 Å². The molecule has 0 amide bonds. The fourth-order valence-electron chi connectivity index (χ4n) is 1.13. The van der Waals surface area contributed by atoms with Gasteiger partial charge >= 0.3 is 0 Å². The van der Waals surface area contributed by atoms with Crippen molar-refractivity contribution in [3.63, 3.8) is 0 Å². The first-order valence-electron chi connectivity index (χ1n) is 4.37. The number of halogens is 1. The lowest BCUT2D eigenvalue weighted by molar-refractivity contribution is 0.709. The average molecular weight is 273 g/mol. The van der Waals surface area contributed by atoms with Crippen molar-refractivity contribution in [2.45, 2.75) is 13.0 Å². The molecular formula is C10H13BrN2S. The highest BCUT2D eigenvalue weighted by atomic mass is 79.9. The Morgan fingerprint density at radius 2 is 2.21 bits per heavy atom. The highest BCUT2D eigenvalue weighted by Gasteiger charge is 2.05. The maximum absolute atomic E-state index is 5.03.